The number of hydrogen-bond donors (Lipinski definition) is 2. The molecular weight excluding hydrogens is 436 g/mol. The van der Waals surface area contributed by atoms with Crippen molar-refractivity contribution >= 4 is 22.6 Å². The predicted molar refractivity (Wildman–Crippen MR) is 136 cm³/mol. The van der Waals surface area contributed by atoms with E-state index in [9.17, 15) is 4.79 Å². The van der Waals surface area contributed by atoms with Crippen molar-refractivity contribution in [2.24, 2.45) is 0 Å². The zero-order chi connectivity index (χ0) is 23.5. The Morgan fingerprint density at radius 3 is 2.69 bits per heavy atom. The fraction of sp³-hybridized carbons (Fsp3) is 0.321. The van der Waals surface area contributed by atoms with Gasteiger partial charge in [0.15, 0.2) is 0 Å². The topological polar surface area (TPSA) is 77.2 Å². The third kappa shape index (κ3) is 3.58. The van der Waals surface area contributed by atoms with Crippen LogP contribution < -0.4 is 5.32 Å². The Kier molecular flexibility index (Phi) is 4.67. The van der Waals surface area contributed by atoms with Crippen molar-refractivity contribution in [2.45, 2.75) is 44.3 Å². The van der Waals surface area contributed by atoms with Gasteiger partial charge < -0.3 is 10.2 Å². The first kappa shape index (κ1) is 20.6. The molecule has 7 nitrogen and oxygen atoms in total. The molecule has 2 aromatic heterocycles. The van der Waals surface area contributed by atoms with E-state index in [2.05, 4.69) is 72.8 Å². The first-order valence-corrected chi connectivity index (χ1v) is 12.4. The lowest BCUT2D eigenvalue weighted by molar-refractivity contribution is 0.174. The molecule has 2 aromatic carbocycles. The number of nitrogens with one attached hydrogen (secondary N) is 2. The monoisotopic (exact) mass is 464 g/mol. The highest BCUT2D eigenvalue weighted by Gasteiger charge is 2.45. The number of benzene rings is 2. The van der Waals surface area contributed by atoms with Crippen molar-refractivity contribution in [1.29, 1.82) is 0 Å². The van der Waals surface area contributed by atoms with Gasteiger partial charge in [-0.25, -0.2) is 4.79 Å². The molecule has 2 aliphatic heterocycles. The second-order valence-electron chi connectivity index (χ2n) is 10.1. The Morgan fingerprint density at radius 2 is 1.89 bits per heavy atom. The molecule has 0 radical (unpaired) electrons. The van der Waals surface area contributed by atoms with E-state index < -0.39 is 0 Å². The second-order valence-corrected chi connectivity index (χ2v) is 10.1. The number of H-pyrrole nitrogens is 1. The molecule has 0 spiro atoms. The fourth-order valence-electron chi connectivity index (χ4n) is 5.88. The van der Waals surface area contributed by atoms with Crippen molar-refractivity contribution in [3.63, 3.8) is 0 Å². The summed E-state index contributed by atoms with van der Waals surface area (Å²) in [6.07, 6.45) is 4.37. The van der Waals surface area contributed by atoms with Crippen molar-refractivity contribution in [3.05, 3.63) is 77.6 Å². The minimum absolute atomic E-state index is 0.00933. The number of carbonyl (C=O) groups excluding carboxylic acids is 1. The molecule has 4 heterocycles. The molecular formula is C28H28N6O. The zero-order valence-corrected chi connectivity index (χ0v) is 19.7. The maximum atomic E-state index is 13.4. The fourth-order valence-corrected chi connectivity index (χ4v) is 5.88. The van der Waals surface area contributed by atoms with Crippen LogP contribution in [0, 0.1) is 6.92 Å². The summed E-state index contributed by atoms with van der Waals surface area (Å²) in [4.78, 5) is 22.3. The van der Waals surface area contributed by atoms with E-state index in [0.29, 0.717) is 18.5 Å². The van der Waals surface area contributed by atoms with Gasteiger partial charge in [-0.1, -0.05) is 30.3 Å². The molecule has 4 aromatic rings. The number of rotatable bonds is 4. The Balaban J connectivity index is 1.25. The van der Waals surface area contributed by atoms with Crippen LogP contribution in [0.5, 0.6) is 0 Å². The lowest BCUT2D eigenvalue weighted by Crippen LogP contribution is -2.48. The average Bonchev–Trinajstić information content (AvgIpc) is 3.50. The van der Waals surface area contributed by atoms with Crippen LogP contribution in [0.15, 0.2) is 60.8 Å². The first-order chi connectivity index (χ1) is 17.1. The first-order valence-electron chi connectivity index (χ1n) is 12.4. The number of likely N-dealkylation sites (tertiary alicyclic amines) is 1. The maximum absolute atomic E-state index is 13.4. The van der Waals surface area contributed by atoms with Crippen molar-refractivity contribution in [1.82, 2.24) is 25.0 Å². The molecule has 2 atom stereocenters. The third-order valence-corrected chi connectivity index (χ3v) is 7.81. The number of pyridine rings is 1. The number of aromatic nitrogens is 3. The number of fused-ring (bicyclic) bond motifs is 2. The van der Waals surface area contributed by atoms with Gasteiger partial charge >= 0.3 is 6.03 Å². The minimum atomic E-state index is -0.00933. The summed E-state index contributed by atoms with van der Waals surface area (Å²) in [6, 6.07) is 19.8. The standard InChI is InChI=1S/C28H28N6O/c1-17-11-19(9-10-29-17)27-22-12-20-14-34(28(35)30-24(20)13-25(22)31-32-27)26-16-33(21-7-8-21)15-23(26)18-5-3-2-4-6-18/h2-6,9-13,21,23,26H,7-8,14-16H2,1H3,(H,30,35)(H,31,32)/t23-,26+/m0/s1. The smallest absolute Gasteiger partial charge is 0.315 e. The average molecular weight is 465 g/mol. The second kappa shape index (κ2) is 7.92. The largest absolute Gasteiger partial charge is 0.322 e. The maximum Gasteiger partial charge on any atom is 0.322 e. The number of nitrogens with zero attached hydrogens (tertiary/aromatic N) is 4. The van der Waals surface area contributed by atoms with Gasteiger partial charge in [0, 0.05) is 60.1 Å². The summed E-state index contributed by atoms with van der Waals surface area (Å²) < 4.78 is 0. The summed E-state index contributed by atoms with van der Waals surface area (Å²) in [5.74, 6) is 0.317. The Labute approximate surface area is 204 Å². The van der Waals surface area contributed by atoms with Crippen LogP contribution >= 0.6 is 0 Å². The molecule has 0 unspecified atom stereocenters. The molecule has 1 aliphatic carbocycles. The molecule has 7 rings (SSSR count). The summed E-state index contributed by atoms with van der Waals surface area (Å²) in [5.41, 5.74) is 7.16. The molecule has 176 valence electrons. The molecule has 3 aliphatic rings. The van der Waals surface area contributed by atoms with Gasteiger partial charge in [-0.05, 0) is 55.2 Å². The lowest BCUT2D eigenvalue weighted by atomic mass is 9.92. The van der Waals surface area contributed by atoms with E-state index in [-0.39, 0.29) is 12.1 Å². The zero-order valence-electron chi connectivity index (χ0n) is 19.7. The van der Waals surface area contributed by atoms with Gasteiger partial charge in [0.1, 0.15) is 5.69 Å². The molecule has 1 saturated heterocycles. The molecule has 1 saturated carbocycles. The van der Waals surface area contributed by atoms with Gasteiger partial charge in [-0.15, -0.1) is 0 Å². The Morgan fingerprint density at radius 1 is 1.03 bits per heavy atom. The van der Waals surface area contributed by atoms with E-state index in [1.807, 2.05) is 25.3 Å². The van der Waals surface area contributed by atoms with Crippen molar-refractivity contribution < 1.29 is 4.79 Å². The summed E-state index contributed by atoms with van der Waals surface area (Å²) in [6.45, 7) is 4.54. The van der Waals surface area contributed by atoms with Crippen LogP contribution in [0.4, 0.5) is 10.5 Å². The number of amides is 2. The lowest BCUT2D eigenvalue weighted by Gasteiger charge is -2.36. The molecule has 2 amide bonds. The van der Waals surface area contributed by atoms with Gasteiger partial charge in [0.25, 0.3) is 0 Å². The van der Waals surface area contributed by atoms with E-state index >= 15 is 0 Å². The molecule has 2 fully saturated rings. The molecule has 7 heteroatoms. The van der Waals surface area contributed by atoms with Crippen LogP contribution in [0.1, 0.15) is 35.6 Å². The van der Waals surface area contributed by atoms with Crippen LogP contribution in [-0.2, 0) is 6.54 Å². The minimum Gasteiger partial charge on any atom is -0.315 e. The van der Waals surface area contributed by atoms with Gasteiger partial charge in [-0.2, -0.15) is 5.10 Å². The Bertz CT molecular complexity index is 1430. The normalized spacial score (nSPS) is 22.4. The molecule has 2 N–H and O–H groups in total. The van der Waals surface area contributed by atoms with E-state index in [1.165, 1.54) is 18.4 Å². The van der Waals surface area contributed by atoms with Crippen LogP contribution in [0.3, 0.4) is 0 Å². The number of urea groups is 1. The number of aromatic amines is 1. The highest BCUT2D eigenvalue weighted by Crippen LogP contribution is 2.40. The molecule has 0 bridgehead atoms. The number of aryl methyl sites for hydroxylation is 1. The Hall–Kier alpha value is -3.71. The quantitative estimate of drug-likeness (QED) is 0.450. The SMILES string of the molecule is Cc1cc(-c2n[nH]c3cc4c(cc23)CN([C@@H]2CN(C3CC3)C[C@H]2c2ccccc2)C(=O)N4)ccn1. The van der Waals surface area contributed by atoms with Crippen molar-refractivity contribution in [2.75, 3.05) is 18.4 Å². The number of anilines is 1. The molecule has 35 heavy (non-hydrogen) atoms. The van der Waals surface area contributed by atoms with Crippen LogP contribution in [0.2, 0.25) is 0 Å². The van der Waals surface area contributed by atoms with Gasteiger partial charge in [-0.3, -0.25) is 15.0 Å². The highest BCUT2D eigenvalue weighted by molar-refractivity contribution is 6.00. The van der Waals surface area contributed by atoms with Gasteiger partial charge in [0.2, 0.25) is 0 Å². The number of carbonyl (C=O) groups is 1. The highest BCUT2D eigenvalue weighted by atomic mass is 16.2. The summed E-state index contributed by atoms with van der Waals surface area (Å²) in [7, 11) is 0. The van der Waals surface area contributed by atoms with Crippen LogP contribution in [-0.4, -0.2) is 56.2 Å². The van der Waals surface area contributed by atoms with E-state index in [1.54, 1.807) is 0 Å². The predicted octanol–water partition coefficient (Wildman–Crippen LogP) is 4.91. The van der Waals surface area contributed by atoms with Crippen LogP contribution in [0.25, 0.3) is 22.2 Å². The summed E-state index contributed by atoms with van der Waals surface area (Å²) >= 11 is 0. The third-order valence-electron chi connectivity index (χ3n) is 7.81. The van der Waals surface area contributed by atoms with Gasteiger partial charge in [0.05, 0.1) is 11.6 Å². The van der Waals surface area contributed by atoms with Crippen molar-refractivity contribution in [3.8, 4) is 11.3 Å². The van der Waals surface area contributed by atoms with E-state index in [0.717, 1.165) is 52.2 Å². The van der Waals surface area contributed by atoms with E-state index in [4.69, 9.17) is 0 Å². The summed E-state index contributed by atoms with van der Waals surface area (Å²) in [5, 5.41) is 12.0. The number of hydrogen-bond acceptors (Lipinski definition) is 4.